The molecule has 0 bridgehead atoms. The highest BCUT2D eigenvalue weighted by molar-refractivity contribution is 9.10. The molecule has 1 aliphatic heterocycles. The zero-order valence-corrected chi connectivity index (χ0v) is 11.8. The second-order valence-corrected chi connectivity index (χ2v) is 5.68. The van der Waals surface area contributed by atoms with E-state index in [9.17, 15) is 0 Å². The van der Waals surface area contributed by atoms with Gasteiger partial charge >= 0.3 is 0 Å². The molecule has 0 aromatic carbocycles. The number of nitrogens with one attached hydrogen (secondary N) is 1. The van der Waals surface area contributed by atoms with Gasteiger partial charge in [0.15, 0.2) is 0 Å². The van der Waals surface area contributed by atoms with Crippen molar-refractivity contribution in [3.63, 3.8) is 0 Å². The first kappa shape index (κ1) is 12.1. The lowest BCUT2D eigenvalue weighted by atomic mass is 9.94. The maximum Gasteiger partial charge on any atom is 0.0794 e. The standard InChI is InChI=1S/C12H20BrN3/c1-8(2)11-10(13)12(16(3)15-11)9-4-6-14-7-5-9/h8-9,14H,4-7H2,1-3H3. The molecule has 3 nitrogen and oxygen atoms in total. The molecule has 0 radical (unpaired) electrons. The zero-order chi connectivity index (χ0) is 11.7. The van der Waals surface area contributed by atoms with E-state index < -0.39 is 0 Å². The highest BCUT2D eigenvalue weighted by Gasteiger charge is 2.24. The van der Waals surface area contributed by atoms with Crippen molar-refractivity contribution in [1.82, 2.24) is 15.1 Å². The lowest BCUT2D eigenvalue weighted by Crippen LogP contribution is -2.27. The summed E-state index contributed by atoms with van der Waals surface area (Å²) in [6, 6.07) is 0. The lowest BCUT2D eigenvalue weighted by molar-refractivity contribution is 0.438. The molecule has 1 fully saturated rings. The summed E-state index contributed by atoms with van der Waals surface area (Å²) in [6.07, 6.45) is 2.44. The van der Waals surface area contributed by atoms with Gasteiger partial charge in [0.05, 0.1) is 15.9 Å². The first-order valence-corrected chi connectivity index (χ1v) is 6.83. The molecule has 1 saturated heterocycles. The summed E-state index contributed by atoms with van der Waals surface area (Å²) in [7, 11) is 2.06. The lowest BCUT2D eigenvalue weighted by Gasteiger charge is -2.23. The van der Waals surface area contributed by atoms with Crippen molar-refractivity contribution in [2.75, 3.05) is 13.1 Å². The van der Waals surface area contributed by atoms with Gasteiger partial charge in [-0.15, -0.1) is 0 Å². The molecule has 0 amide bonds. The maximum absolute atomic E-state index is 4.63. The van der Waals surface area contributed by atoms with Gasteiger partial charge in [0.1, 0.15) is 0 Å². The van der Waals surface area contributed by atoms with E-state index in [1.165, 1.54) is 28.7 Å². The molecule has 0 atom stereocenters. The minimum Gasteiger partial charge on any atom is -0.317 e. The smallest absolute Gasteiger partial charge is 0.0794 e. The first-order chi connectivity index (χ1) is 7.61. The average Bonchev–Trinajstić information content (AvgIpc) is 2.56. The Morgan fingerprint density at radius 3 is 2.50 bits per heavy atom. The predicted molar refractivity (Wildman–Crippen MR) is 69.8 cm³/mol. The Hall–Kier alpha value is -0.350. The van der Waals surface area contributed by atoms with Crippen molar-refractivity contribution in [3.8, 4) is 0 Å². The van der Waals surface area contributed by atoms with E-state index in [1.54, 1.807) is 0 Å². The summed E-state index contributed by atoms with van der Waals surface area (Å²) < 4.78 is 3.30. The first-order valence-electron chi connectivity index (χ1n) is 6.04. The highest BCUT2D eigenvalue weighted by atomic mass is 79.9. The Balaban J connectivity index is 2.32. The van der Waals surface area contributed by atoms with Crippen LogP contribution in [0, 0.1) is 0 Å². The Morgan fingerprint density at radius 2 is 2.00 bits per heavy atom. The number of rotatable bonds is 2. The quantitative estimate of drug-likeness (QED) is 0.906. The maximum atomic E-state index is 4.63. The number of nitrogens with zero attached hydrogens (tertiary/aromatic N) is 2. The van der Waals surface area contributed by atoms with Crippen molar-refractivity contribution in [3.05, 3.63) is 15.9 Å². The fourth-order valence-electron chi connectivity index (χ4n) is 2.44. The molecule has 1 aliphatic rings. The van der Waals surface area contributed by atoms with Gasteiger partial charge in [-0.25, -0.2) is 0 Å². The van der Waals surface area contributed by atoms with E-state index in [0.29, 0.717) is 11.8 Å². The van der Waals surface area contributed by atoms with Crippen LogP contribution >= 0.6 is 15.9 Å². The largest absolute Gasteiger partial charge is 0.317 e. The molecule has 1 aromatic heterocycles. The zero-order valence-electron chi connectivity index (χ0n) is 10.3. The fraction of sp³-hybridized carbons (Fsp3) is 0.750. The van der Waals surface area contributed by atoms with Crippen molar-refractivity contribution < 1.29 is 0 Å². The molecule has 90 valence electrons. The number of aryl methyl sites for hydroxylation is 1. The second kappa shape index (κ2) is 4.88. The number of hydrogen-bond donors (Lipinski definition) is 1. The Kier molecular flexibility index (Phi) is 3.70. The molecule has 0 aliphatic carbocycles. The van der Waals surface area contributed by atoms with Crippen molar-refractivity contribution in [1.29, 1.82) is 0 Å². The summed E-state index contributed by atoms with van der Waals surface area (Å²) in [6.45, 7) is 6.64. The van der Waals surface area contributed by atoms with Crippen LogP contribution in [-0.2, 0) is 7.05 Å². The van der Waals surface area contributed by atoms with Gasteiger partial charge in [-0.05, 0) is 47.8 Å². The van der Waals surface area contributed by atoms with Crippen molar-refractivity contribution in [2.45, 2.75) is 38.5 Å². The fourth-order valence-corrected chi connectivity index (χ4v) is 3.56. The van der Waals surface area contributed by atoms with Crippen LogP contribution in [0.5, 0.6) is 0 Å². The van der Waals surface area contributed by atoms with E-state index in [0.717, 1.165) is 13.1 Å². The summed E-state index contributed by atoms with van der Waals surface area (Å²) in [5.41, 5.74) is 2.57. The van der Waals surface area contributed by atoms with Crippen LogP contribution in [0.4, 0.5) is 0 Å². The van der Waals surface area contributed by atoms with Crippen LogP contribution in [0.15, 0.2) is 4.47 Å². The monoisotopic (exact) mass is 285 g/mol. The van der Waals surface area contributed by atoms with Crippen LogP contribution in [0.1, 0.15) is 49.9 Å². The number of aromatic nitrogens is 2. The third-order valence-electron chi connectivity index (χ3n) is 3.33. The molecule has 0 saturated carbocycles. The average molecular weight is 286 g/mol. The normalized spacial score (nSPS) is 18.3. The van der Waals surface area contributed by atoms with Crippen molar-refractivity contribution >= 4 is 15.9 Å². The third kappa shape index (κ3) is 2.18. The van der Waals surface area contributed by atoms with Gasteiger partial charge in [0.25, 0.3) is 0 Å². The highest BCUT2D eigenvalue weighted by Crippen LogP contribution is 2.35. The van der Waals surface area contributed by atoms with Gasteiger partial charge in [-0.3, -0.25) is 4.68 Å². The molecule has 0 unspecified atom stereocenters. The minimum atomic E-state index is 0.482. The molecule has 2 heterocycles. The van der Waals surface area contributed by atoms with Gasteiger partial charge < -0.3 is 5.32 Å². The Morgan fingerprint density at radius 1 is 1.38 bits per heavy atom. The molecule has 4 heteroatoms. The van der Waals surface area contributed by atoms with Gasteiger partial charge in [-0.1, -0.05) is 13.8 Å². The summed E-state index contributed by atoms with van der Waals surface area (Å²) in [5.74, 6) is 1.14. The Labute approximate surface area is 106 Å². The molecular weight excluding hydrogens is 266 g/mol. The van der Waals surface area contributed by atoms with E-state index in [4.69, 9.17) is 0 Å². The number of hydrogen-bond acceptors (Lipinski definition) is 2. The number of halogens is 1. The number of piperidine rings is 1. The van der Waals surface area contributed by atoms with Crippen LogP contribution in [-0.4, -0.2) is 22.9 Å². The van der Waals surface area contributed by atoms with Crippen LogP contribution in [0.25, 0.3) is 0 Å². The predicted octanol–water partition coefficient (Wildman–Crippen LogP) is 2.77. The Bertz CT molecular complexity index is 365. The van der Waals surface area contributed by atoms with Crippen molar-refractivity contribution in [2.24, 2.45) is 7.05 Å². The summed E-state index contributed by atoms with van der Waals surface area (Å²) in [4.78, 5) is 0. The molecular formula is C12H20BrN3. The second-order valence-electron chi connectivity index (χ2n) is 4.89. The molecule has 1 N–H and O–H groups in total. The molecule has 16 heavy (non-hydrogen) atoms. The molecule has 0 spiro atoms. The molecule has 2 rings (SSSR count). The third-order valence-corrected chi connectivity index (χ3v) is 4.14. The summed E-state index contributed by atoms with van der Waals surface area (Å²) >= 11 is 3.73. The SMILES string of the molecule is CC(C)c1nn(C)c(C2CCNCC2)c1Br. The minimum absolute atomic E-state index is 0.482. The van der Waals surface area contributed by atoms with E-state index in [-0.39, 0.29) is 0 Å². The van der Waals surface area contributed by atoms with E-state index in [1.807, 2.05) is 0 Å². The summed E-state index contributed by atoms with van der Waals surface area (Å²) in [5, 5.41) is 8.04. The van der Waals surface area contributed by atoms with Gasteiger partial charge in [0.2, 0.25) is 0 Å². The molecule has 1 aromatic rings. The van der Waals surface area contributed by atoms with Gasteiger partial charge in [-0.2, -0.15) is 5.10 Å². The topological polar surface area (TPSA) is 29.9 Å². The van der Waals surface area contributed by atoms with Gasteiger partial charge in [0, 0.05) is 13.0 Å². The van der Waals surface area contributed by atoms with Crippen LogP contribution in [0.2, 0.25) is 0 Å². The van der Waals surface area contributed by atoms with Crippen LogP contribution < -0.4 is 5.32 Å². The van der Waals surface area contributed by atoms with E-state index in [2.05, 4.69) is 51.9 Å². The van der Waals surface area contributed by atoms with Crippen LogP contribution in [0.3, 0.4) is 0 Å². The van der Waals surface area contributed by atoms with E-state index >= 15 is 0 Å².